The van der Waals surface area contributed by atoms with Crippen molar-refractivity contribution in [3.05, 3.63) is 71.0 Å². The number of carbonyl (C=O) groups is 2. The molecule has 9 nitrogen and oxygen atoms in total. The van der Waals surface area contributed by atoms with Crippen molar-refractivity contribution in [1.82, 2.24) is 19.9 Å². The molecule has 0 spiro atoms. The molecule has 0 fully saturated rings. The van der Waals surface area contributed by atoms with Gasteiger partial charge in [-0.25, -0.2) is 9.48 Å². The SMILES string of the molecule is COc1cc2c(cc1OC)CN(C(=O)COC(=O)c1cn(Cc3ccccc3)nn1)CC2. The van der Waals surface area contributed by atoms with Gasteiger partial charge in [0.1, 0.15) is 0 Å². The highest BCUT2D eigenvalue weighted by atomic mass is 16.5. The maximum Gasteiger partial charge on any atom is 0.361 e. The summed E-state index contributed by atoms with van der Waals surface area (Å²) in [6.45, 7) is 1.08. The van der Waals surface area contributed by atoms with Gasteiger partial charge in [-0.2, -0.15) is 0 Å². The van der Waals surface area contributed by atoms with Gasteiger partial charge in [-0.3, -0.25) is 4.79 Å². The second kappa shape index (κ2) is 9.51. The molecule has 2 aromatic carbocycles. The average Bonchev–Trinajstić information content (AvgIpc) is 3.30. The van der Waals surface area contributed by atoms with E-state index >= 15 is 0 Å². The number of ether oxygens (including phenoxy) is 3. The van der Waals surface area contributed by atoms with Crippen molar-refractivity contribution in [1.29, 1.82) is 0 Å². The zero-order valence-corrected chi connectivity index (χ0v) is 18.0. The van der Waals surface area contributed by atoms with Gasteiger partial charge in [-0.05, 0) is 35.2 Å². The molecule has 3 aromatic rings. The lowest BCUT2D eigenvalue weighted by molar-refractivity contribution is -0.135. The molecule has 0 unspecified atom stereocenters. The highest BCUT2D eigenvalue weighted by Gasteiger charge is 2.24. The molecule has 9 heteroatoms. The fourth-order valence-electron chi connectivity index (χ4n) is 3.63. The number of amides is 1. The van der Waals surface area contributed by atoms with Crippen molar-refractivity contribution < 1.29 is 23.8 Å². The van der Waals surface area contributed by atoms with E-state index in [2.05, 4.69) is 10.3 Å². The standard InChI is InChI=1S/C23H24N4O5/c1-30-20-10-17-8-9-26(13-18(17)11-21(20)31-2)22(28)15-32-23(29)19-14-27(25-24-19)12-16-6-4-3-5-7-16/h3-7,10-11,14H,8-9,12-13,15H2,1-2H3. The Morgan fingerprint density at radius 1 is 1.03 bits per heavy atom. The first kappa shape index (κ1) is 21.4. The number of methoxy groups -OCH3 is 2. The van der Waals surface area contributed by atoms with Gasteiger partial charge < -0.3 is 19.1 Å². The van der Waals surface area contributed by atoms with Crippen molar-refractivity contribution in [2.45, 2.75) is 19.5 Å². The first-order valence-corrected chi connectivity index (χ1v) is 10.2. The second-order valence-electron chi connectivity index (χ2n) is 7.40. The van der Waals surface area contributed by atoms with Gasteiger partial charge in [-0.1, -0.05) is 35.5 Å². The smallest absolute Gasteiger partial charge is 0.361 e. The Bertz CT molecular complexity index is 1110. The lowest BCUT2D eigenvalue weighted by Gasteiger charge is -2.29. The van der Waals surface area contributed by atoms with Crippen LogP contribution in [0.2, 0.25) is 0 Å². The summed E-state index contributed by atoms with van der Waals surface area (Å²) in [6.07, 6.45) is 2.19. The Labute approximate surface area is 185 Å². The molecule has 0 bridgehead atoms. The fourth-order valence-corrected chi connectivity index (χ4v) is 3.63. The molecule has 2 heterocycles. The van der Waals surface area contributed by atoms with Gasteiger partial charge in [0.15, 0.2) is 23.8 Å². The predicted molar refractivity (Wildman–Crippen MR) is 115 cm³/mol. The average molecular weight is 436 g/mol. The number of hydrogen-bond donors (Lipinski definition) is 0. The minimum Gasteiger partial charge on any atom is -0.493 e. The van der Waals surface area contributed by atoms with Crippen molar-refractivity contribution in [3.8, 4) is 11.5 Å². The molecule has 0 saturated carbocycles. The molecule has 0 atom stereocenters. The Morgan fingerprint density at radius 2 is 1.75 bits per heavy atom. The van der Waals surface area contributed by atoms with Crippen LogP contribution in [0.1, 0.15) is 27.2 Å². The van der Waals surface area contributed by atoms with Gasteiger partial charge >= 0.3 is 5.97 Å². The quantitative estimate of drug-likeness (QED) is 0.523. The van der Waals surface area contributed by atoms with Crippen LogP contribution in [0.25, 0.3) is 0 Å². The van der Waals surface area contributed by atoms with Crippen LogP contribution < -0.4 is 9.47 Å². The number of rotatable bonds is 7. The van der Waals surface area contributed by atoms with Crippen LogP contribution in [0.5, 0.6) is 11.5 Å². The molecule has 32 heavy (non-hydrogen) atoms. The molecular formula is C23H24N4O5. The summed E-state index contributed by atoms with van der Waals surface area (Å²) >= 11 is 0. The number of carbonyl (C=O) groups excluding carboxylic acids is 2. The lowest BCUT2D eigenvalue weighted by Crippen LogP contribution is -2.38. The molecule has 0 N–H and O–H groups in total. The molecule has 1 aliphatic heterocycles. The minimum atomic E-state index is -0.679. The molecule has 4 rings (SSSR count). The summed E-state index contributed by atoms with van der Waals surface area (Å²) in [5.41, 5.74) is 3.19. The molecule has 0 radical (unpaired) electrons. The van der Waals surface area contributed by atoms with E-state index in [4.69, 9.17) is 14.2 Å². The molecule has 1 aromatic heterocycles. The number of esters is 1. The van der Waals surface area contributed by atoms with E-state index in [1.807, 2.05) is 42.5 Å². The van der Waals surface area contributed by atoms with Crippen LogP contribution in [0, 0.1) is 0 Å². The summed E-state index contributed by atoms with van der Waals surface area (Å²) in [7, 11) is 3.17. The van der Waals surface area contributed by atoms with Gasteiger partial charge in [-0.15, -0.1) is 5.10 Å². The minimum absolute atomic E-state index is 0.0644. The van der Waals surface area contributed by atoms with E-state index in [1.165, 1.54) is 6.20 Å². The van der Waals surface area contributed by atoms with Gasteiger partial charge in [0.2, 0.25) is 0 Å². The zero-order valence-electron chi connectivity index (χ0n) is 18.0. The molecule has 0 aliphatic carbocycles. The first-order valence-electron chi connectivity index (χ1n) is 10.2. The van der Waals surface area contributed by atoms with Gasteiger partial charge in [0, 0.05) is 13.1 Å². The van der Waals surface area contributed by atoms with E-state index in [0.717, 1.165) is 16.7 Å². The first-order chi connectivity index (χ1) is 15.6. The van der Waals surface area contributed by atoms with Crippen molar-refractivity contribution in [3.63, 3.8) is 0 Å². The van der Waals surface area contributed by atoms with Crippen LogP contribution in [0.3, 0.4) is 0 Å². The Kier molecular flexibility index (Phi) is 6.34. The van der Waals surface area contributed by atoms with E-state index in [-0.39, 0.29) is 18.2 Å². The van der Waals surface area contributed by atoms with Crippen LogP contribution in [-0.2, 0) is 29.0 Å². The zero-order chi connectivity index (χ0) is 22.5. The largest absolute Gasteiger partial charge is 0.493 e. The van der Waals surface area contributed by atoms with Crippen molar-refractivity contribution in [2.24, 2.45) is 0 Å². The molecule has 166 valence electrons. The van der Waals surface area contributed by atoms with Crippen LogP contribution in [0.15, 0.2) is 48.7 Å². The Hall–Kier alpha value is -3.88. The third-order valence-electron chi connectivity index (χ3n) is 5.33. The second-order valence-corrected chi connectivity index (χ2v) is 7.40. The van der Waals surface area contributed by atoms with Crippen molar-refractivity contribution >= 4 is 11.9 Å². The van der Waals surface area contributed by atoms with Crippen LogP contribution in [0.4, 0.5) is 0 Å². The van der Waals surface area contributed by atoms with Crippen molar-refractivity contribution in [2.75, 3.05) is 27.4 Å². The van der Waals surface area contributed by atoms with E-state index in [9.17, 15) is 9.59 Å². The number of aromatic nitrogens is 3. The maximum absolute atomic E-state index is 12.6. The summed E-state index contributed by atoms with van der Waals surface area (Å²) in [6, 6.07) is 13.5. The predicted octanol–water partition coefficient (Wildman–Crippen LogP) is 2.09. The number of nitrogens with zero attached hydrogens (tertiary/aromatic N) is 4. The number of fused-ring (bicyclic) bond motifs is 1. The third kappa shape index (κ3) is 4.72. The Balaban J connectivity index is 1.33. The monoisotopic (exact) mass is 436 g/mol. The Morgan fingerprint density at radius 3 is 2.47 bits per heavy atom. The van der Waals surface area contributed by atoms with E-state index in [0.29, 0.717) is 37.6 Å². The van der Waals surface area contributed by atoms with E-state index < -0.39 is 5.97 Å². The molecule has 0 saturated heterocycles. The molecular weight excluding hydrogens is 412 g/mol. The highest BCUT2D eigenvalue weighted by Crippen LogP contribution is 2.33. The molecule has 1 aliphatic rings. The lowest BCUT2D eigenvalue weighted by atomic mass is 9.99. The summed E-state index contributed by atoms with van der Waals surface area (Å²) < 4.78 is 17.4. The van der Waals surface area contributed by atoms with Gasteiger partial charge in [0.25, 0.3) is 5.91 Å². The third-order valence-corrected chi connectivity index (χ3v) is 5.33. The van der Waals surface area contributed by atoms with Gasteiger partial charge in [0.05, 0.1) is 27.0 Å². The maximum atomic E-state index is 12.6. The fraction of sp³-hybridized carbons (Fsp3) is 0.304. The summed E-state index contributed by atoms with van der Waals surface area (Å²) in [5.74, 6) is 0.336. The van der Waals surface area contributed by atoms with Crippen LogP contribution in [-0.4, -0.2) is 59.1 Å². The number of hydrogen-bond acceptors (Lipinski definition) is 7. The summed E-state index contributed by atoms with van der Waals surface area (Å²) in [4.78, 5) is 26.6. The summed E-state index contributed by atoms with van der Waals surface area (Å²) in [5, 5.41) is 7.81. The molecule has 1 amide bonds. The van der Waals surface area contributed by atoms with Crippen LogP contribution >= 0.6 is 0 Å². The topological polar surface area (TPSA) is 95.8 Å². The van der Waals surface area contributed by atoms with E-state index in [1.54, 1.807) is 23.8 Å². The normalized spacial score (nSPS) is 12.8. The number of benzene rings is 2. The highest BCUT2D eigenvalue weighted by molar-refractivity contribution is 5.89.